The van der Waals surface area contributed by atoms with E-state index in [0.717, 1.165) is 11.1 Å². The Labute approximate surface area is 149 Å². The van der Waals surface area contributed by atoms with Crippen molar-refractivity contribution < 1.29 is 23.9 Å². The smallest absolute Gasteiger partial charge is 0.317 e. The summed E-state index contributed by atoms with van der Waals surface area (Å²) in [5.74, 6) is -3.95. The largest absolute Gasteiger partial charge is 0.469 e. The van der Waals surface area contributed by atoms with Crippen molar-refractivity contribution in [1.29, 1.82) is 0 Å². The highest BCUT2D eigenvalue weighted by molar-refractivity contribution is 6.08. The number of ether oxygens (including phenoxy) is 2. The van der Waals surface area contributed by atoms with Crippen LogP contribution in [0.25, 0.3) is 0 Å². The Morgan fingerprint density at radius 1 is 0.960 bits per heavy atom. The van der Waals surface area contributed by atoms with Crippen molar-refractivity contribution in [2.24, 2.45) is 17.8 Å². The number of hydrogen-bond acceptors (Lipinski definition) is 5. The van der Waals surface area contributed by atoms with E-state index in [1.54, 1.807) is 18.2 Å². The summed E-state index contributed by atoms with van der Waals surface area (Å²) in [4.78, 5) is 37.1. The van der Waals surface area contributed by atoms with Crippen LogP contribution in [0, 0.1) is 17.8 Å². The van der Waals surface area contributed by atoms with Crippen molar-refractivity contribution in [3.05, 3.63) is 47.1 Å². The number of ketones is 1. The van der Waals surface area contributed by atoms with E-state index in [1.807, 2.05) is 33.8 Å². The first-order chi connectivity index (χ1) is 11.7. The van der Waals surface area contributed by atoms with Gasteiger partial charge in [-0.3, -0.25) is 14.4 Å². The Morgan fingerprint density at radius 2 is 1.52 bits per heavy atom. The van der Waals surface area contributed by atoms with Crippen LogP contribution in [0.3, 0.4) is 0 Å². The lowest BCUT2D eigenvalue weighted by molar-refractivity contribution is -0.153. The molecule has 0 saturated heterocycles. The molecule has 0 spiro atoms. The van der Waals surface area contributed by atoms with Crippen LogP contribution in [0.15, 0.2) is 47.1 Å². The third-order valence-corrected chi connectivity index (χ3v) is 3.90. The predicted octanol–water partition coefficient (Wildman–Crippen LogP) is 3.18. The van der Waals surface area contributed by atoms with Crippen molar-refractivity contribution in [3.8, 4) is 0 Å². The average Bonchev–Trinajstić information content (AvgIpc) is 2.52. The zero-order valence-electron chi connectivity index (χ0n) is 15.7. The molecule has 5 nitrogen and oxygen atoms in total. The normalized spacial score (nSPS) is 22.9. The summed E-state index contributed by atoms with van der Waals surface area (Å²) < 4.78 is 9.72. The molecule has 0 heterocycles. The first-order valence-electron chi connectivity index (χ1n) is 8.10. The van der Waals surface area contributed by atoms with Crippen molar-refractivity contribution >= 4 is 17.7 Å². The van der Waals surface area contributed by atoms with E-state index >= 15 is 0 Å². The van der Waals surface area contributed by atoms with Crippen molar-refractivity contribution in [2.45, 2.75) is 27.7 Å². The Kier molecular flexibility index (Phi) is 7.55. The maximum Gasteiger partial charge on any atom is 0.317 e. The van der Waals surface area contributed by atoms with Gasteiger partial charge in [0.15, 0.2) is 5.78 Å². The van der Waals surface area contributed by atoms with E-state index in [0.29, 0.717) is 5.57 Å². The molecule has 1 aliphatic rings. The standard InChI is InChI=1S/C20H26O5/c1-12(2)8-7-9-14-11-16(21)18(20(23)25-6)15(10-13(3)4)17(14)19(22)24-5/h7-11,15,17-18H,1-6H3/b9-7+. The lowest BCUT2D eigenvalue weighted by Gasteiger charge is -2.32. The zero-order chi connectivity index (χ0) is 19.1. The Morgan fingerprint density at radius 3 is 2.00 bits per heavy atom. The fraction of sp³-hybridized carbons (Fsp3) is 0.450. The molecule has 5 heteroatoms. The topological polar surface area (TPSA) is 69.7 Å². The van der Waals surface area contributed by atoms with Crippen LogP contribution < -0.4 is 0 Å². The monoisotopic (exact) mass is 346 g/mol. The molecule has 0 bridgehead atoms. The van der Waals surface area contributed by atoms with E-state index in [9.17, 15) is 14.4 Å². The van der Waals surface area contributed by atoms with Gasteiger partial charge in [-0.1, -0.05) is 35.5 Å². The molecule has 0 radical (unpaired) electrons. The second kappa shape index (κ2) is 9.16. The Hall–Kier alpha value is -2.43. The van der Waals surface area contributed by atoms with Gasteiger partial charge < -0.3 is 9.47 Å². The molecule has 25 heavy (non-hydrogen) atoms. The number of rotatable bonds is 5. The molecule has 0 aromatic heterocycles. The Balaban J connectivity index is 3.50. The first kappa shape index (κ1) is 20.6. The fourth-order valence-electron chi connectivity index (χ4n) is 2.85. The molecule has 0 aromatic carbocycles. The molecule has 0 amide bonds. The summed E-state index contributed by atoms with van der Waals surface area (Å²) in [5.41, 5.74) is 2.51. The summed E-state index contributed by atoms with van der Waals surface area (Å²) in [5, 5.41) is 0. The van der Waals surface area contributed by atoms with Gasteiger partial charge in [0, 0.05) is 5.92 Å². The Bertz CT molecular complexity index is 656. The number of carbonyl (C=O) groups excluding carboxylic acids is 3. The van der Waals surface area contributed by atoms with Crippen molar-refractivity contribution in [2.75, 3.05) is 14.2 Å². The summed E-state index contributed by atoms with van der Waals surface area (Å²) in [6.45, 7) is 7.60. The summed E-state index contributed by atoms with van der Waals surface area (Å²) in [6.07, 6.45) is 8.48. The number of esters is 2. The van der Waals surface area contributed by atoms with Crippen LogP contribution in [0.2, 0.25) is 0 Å². The molecule has 1 rings (SSSR count). The predicted molar refractivity (Wildman–Crippen MR) is 95.6 cm³/mol. The molecule has 136 valence electrons. The van der Waals surface area contributed by atoms with Gasteiger partial charge in [0.05, 0.1) is 20.1 Å². The molecule has 3 unspecified atom stereocenters. The van der Waals surface area contributed by atoms with Gasteiger partial charge in [-0.2, -0.15) is 0 Å². The van der Waals surface area contributed by atoms with Gasteiger partial charge in [0.1, 0.15) is 5.92 Å². The molecule has 0 aliphatic heterocycles. The quantitative estimate of drug-likeness (QED) is 0.331. The molecule has 0 N–H and O–H groups in total. The van der Waals surface area contributed by atoms with E-state index in [4.69, 9.17) is 9.47 Å². The van der Waals surface area contributed by atoms with Gasteiger partial charge in [0.25, 0.3) is 0 Å². The number of methoxy groups -OCH3 is 2. The van der Waals surface area contributed by atoms with Crippen LogP contribution >= 0.6 is 0 Å². The molecular formula is C20H26O5. The molecular weight excluding hydrogens is 320 g/mol. The first-order valence-corrected chi connectivity index (χ1v) is 8.10. The number of carbonyl (C=O) groups is 3. The van der Waals surface area contributed by atoms with Gasteiger partial charge in [-0.15, -0.1) is 0 Å². The second-order valence-corrected chi connectivity index (χ2v) is 6.47. The minimum atomic E-state index is -1.05. The van der Waals surface area contributed by atoms with Gasteiger partial charge in [0.2, 0.25) is 0 Å². The fourth-order valence-corrected chi connectivity index (χ4v) is 2.85. The molecule has 0 aromatic rings. The highest BCUT2D eigenvalue weighted by Gasteiger charge is 2.46. The lowest BCUT2D eigenvalue weighted by Crippen LogP contribution is -2.42. The average molecular weight is 346 g/mol. The van der Waals surface area contributed by atoms with Crippen LogP contribution in [0.4, 0.5) is 0 Å². The van der Waals surface area contributed by atoms with Crippen molar-refractivity contribution in [3.63, 3.8) is 0 Å². The van der Waals surface area contributed by atoms with Gasteiger partial charge in [-0.25, -0.2) is 0 Å². The summed E-state index contributed by atoms with van der Waals surface area (Å²) in [6, 6.07) is 0. The maximum absolute atomic E-state index is 12.5. The second-order valence-electron chi connectivity index (χ2n) is 6.47. The van der Waals surface area contributed by atoms with E-state index in [-0.39, 0.29) is 5.78 Å². The van der Waals surface area contributed by atoms with E-state index < -0.39 is 29.7 Å². The molecule has 0 saturated carbocycles. The SMILES string of the molecule is COC(=O)C1C(=O)C=C(/C=C/C=C(C)C)C(C(=O)OC)C1C=C(C)C. The summed E-state index contributed by atoms with van der Waals surface area (Å²) >= 11 is 0. The highest BCUT2D eigenvalue weighted by atomic mass is 16.5. The third-order valence-electron chi connectivity index (χ3n) is 3.90. The van der Waals surface area contributed by atoms with Gasteiger partial charge >= 0.3 is 11.9 Å². The van der Waals surface area contributed by atoms with Crippen LogP contribution in [-0.4, -0.2) is 31.9 Å². The molecule has 0 fully saturated rings. The minimum Gasteiger partial charge on any atom is -0.469 e. The third kappa shape index (κ3) is 5.28. The minimum absolute atomic E-state index is 0.369. The molecule has 3 atom stereocenters. The molecule has 1 aliphatic carbocycles. The van der Waals surface area contributed by atoms with Gasteiger partial charge in [-0.05, 0) is 39.3 Å². The van der Waals surface area contributed by atoms with E-state index in [2.05, 4.69) is 0 Å². The summed E-state index contributed by atoms with van der Waals surface area (Å²) in [7, 11) is 2.53. The van der Waals surface area contributed by atoms with Crippen molar-refractivity contribution in [1.82, 2.24) is 0 Å². The van der Waals surface area contributed by atoms with Crippen LogP contribution in [-0.2, 0) is 23.9 Å². The number of allylic oxidation sites excluding steroid dienone is 7. The zero-order valence-corrected chi connectivity index (χ0v) is 15.7. The highest BCUT2D eigenvalue weighted by Crippen LogP contribution is 2.37. The number of hydrogen-bond donors (Lipinski definition) is 0. The lowest BCUT2D eigenvalue weighted by atomic mass is 9.70. The van der Waals surface area contributed by atoms with Crippen LogP contribution in [0.5, 0.6) is 0 Å². The van der Waals surface area contributed by atoms with Crippen LogP contribution in [0.1, 0.15) is 27.7 Å². The van der Waals surface area contributed by atoms with E-state index in [1.165, 1.54) is 20.3 Å². The maximum atomic E-state index is 12.5.